The molecular weight excluding hydrogens is 204 g/mol. The molecule has 1 atom stereocenters. The van der Waals surface area contributed by atoms with Crippen molar-refractivity contribution in [3.63, 3.8) is 0 Å². The summed E-state index contributed by atoms with van der Waals surface area (Å²) >= 11 is 6.18. The van der Waals surface area contributed by atoms with Crippen LogP contribution in [0, 0.1) is 0 Å². The van der Waals surface area contributed by atoms with Gasteiger partial charge in [-0.05, 0) is 5.56 Å². The van der Waals surface area contributed by atoms with Gasteiger partial charge < -0.3 is 8.85 Å². The van der Waals surface area contributed by atoms with Crippen molar-refractivity contribution in [2.75, 3.05) is 14.2 Å². The normalized spacial score (nSPS) is 13.2. The summed E-state index contributed by atoms with van der Waals surface area (Å²) in [6.45, 7) is 0. The fourth-order valence-corrected chi connectivity index (χ4v) is 3.10. The summed E-state index contributed by atoms with van der Waals surface area (Å²) in [5, 5.41) is -0.129. The van der Waals surface area contributed by atoms with Gasteiger partial charge in [-0.25, -0.2) is 0 Å². The van der Waals surface area contributed by atoms with Gasteiger partial charge in [0.15, 0.2) is 0 Å². The second-order valence-corrected chi connectivity index (χ2v) is 5.89. The molecule has 1 aromatic rings. The molecule has 0 saturated carbocycles. The second-order valence-electron chi connectivity index (χ2n) is 2.65. The monoisotopic (exact) mass is 216 g/mol. The minimum absolute atomic E-state index is 0.129. The fourth-order valence-electron chi connectivity index (χ4n) is 1.13. The van der Waals surface area contributed by atoms with Crippen LogP contribution in [0.4, 0.5) is 0 Å². The summed E-state index contributed by atoms with van der Waals surface area (Å²) in [4.78, 5) is 0. The van der Waals surface area contributed by atoms with E-state index in [1.807, 2.05) is 30.3 Å². The van der Waals surface area contributed by atoms with Crippen LogP contribution in [-0.2, 0) is 8.85 Å². The van der Waals surface area contributed by atoms with Gasteiger partial charge in [0.25, 0.3) is 0 Å². The van der Waals surface area contributed by atoms with E-state index in [-0.39, 0.29) is 5.00 Å². The van der Waals surface area contributed by atoms with Gasteiger partial charge in [-0.15, -0.1) is 11.6 Å². The third-order valence-corrected chi connectivity index (χ3v) is 4.48. The third-order valence-electron chi connectivity index (χ3n) is 1.82. The molecule has 72 valence electrons. The second kappa shape index (κ2) is 5.39. The van der Waals surface area contributed by atoms with Crippen molar-refractivity contribution in [1.82, 2.24) is 0 Å². The Hall–Kier alpha value is -0.353. The first-order valence-electron chi connectivity index (χ1n) is 4.04. The molecular formula is C9H13ClO2Si. The van der Waals surface area contributed by atoms with Crippen molar-refractivity contribution in [2.24, 2.45) is 0 Å². The van der Waals surface area contributed by atoms with Crippen LogP contribution >= 0.6 is 11.6 Å². The van der Waals surface area contributed by atoms with E-state index in [1.165, 1.54) is 0 Å². The highest BCUT2D eigenvalue weighted by molar-refractivity contribution is 6.58. The van der Waals surface area contributed by atoms with E-state index in [2.05, 4.69) is 0 Å². The lowest BCUT2D eigenvalue weighted by Crippen LogP contribution is -2.25. The summed E-state index contributed by atoms with van der Waals surface area (Å²) in [5.74, 6) is 0. The maximum atomic E-state index is 6.18. The van der Waals surface area contributed by atoms with Crippen molar-refractivity contribution >= 4 is 20.9 Å². The molecule has 0 aliphatic carbocycles. The van der Waals surface area contributed by atoms with E-state index >= 15 is 0 Å². The Morgan fingerprint density at radius 1 is 1.15 bits per heavy atom. The van der Waals surface area contributed by atoms with E-state index in [0.717, 1.165) is 5.56 Å². The molecule has 0 aromatic heterocycles. The average Bonchev–Trinajstić information content (AvgIpc) is 2.21. The lowest BCUT2D eigenvalue weighted by molar-refractivity contribution is 0.275. The van der Waals surface area contributed by atoms with Crippen LogP contribution in [0.15, 0.2) is 30.3 Å². The van der Waals surface area contributed by atoms with Gasteiger partial charge in [0.2, 0.25) is 0 Å². The van der Waals surface area contributed by atoms with Crippen LogP contribution in [0.3, 0.4) is 0 Å². The van der Waals surface area contributed by atoms with Crippen molar-refractivity contribution in [1.29, 1.82) is 0 Å². The lowest BCUT2D eigenvalue weighted by Gasteiger charge is -2.16. The maximum Gasteiger partial charge on any atom is 0.344 e. The van der Waals surface area contributed by atoms with E-state index in [0.29, 0.717) is 0 Å². The Morgan fingerprint density at radius 3 is 2.15 bits per heavy atom. The number of benzene rings is 1. The quantitative estimate of drug-likeness (QED) is 0.567. The molecule has 2 nitrogen and oxygen atoms in total. The molecule has 0 saturated heterocycles. The molecule has 0 aliphatic heterocycles. The summed E-state index contributed by atoms with van der Waals surface area (Å²) in [6.07, 6.45) is 0. The van der Waals surface area contributed by atoms with Crippen LogP contribution in [0.2, 0.25) is 0 Å². The Labute approximate surface area is 85.3 Å². The standard InChI is InChI=1S/C9H13ClO2Si/c1-11-13(12-2)9(10)8-6-4-3-5-7-8/h3-7,9,13H,1-2H3. The fraction of sp³-hybridized carbons (Fsp3) is 0.333. The molecule has 0 amide bonds. The van der Waals surface area contributed by atoms with E-state index in [4.69, 9.17) is 20.5 Å². The molecule has 1 rings (SSSR count). The van der Waals surface area contributed by atoms with Gasteiger partial charge in [-0.3, -0.25) is 0 Å². The molecule has 1 aromatic carbocycles. The Bertz CT molecular complexity index is 239. The van der Waals surface area contributed by atoms with Crippen molar-refractivity contribution < 1.29 is 8.85 Å². The molecule has 0 N–H and O–H groups in total. The molecule has 1 unspecified atom stereocenters. The molecule has 13 heavy (non-hydrogen) atoms. The first kappa shape index (κ1) is 10.7. The van der Waals surface area contributed by atoms with Gasteiger partial charge >= 0.3 is 9.28 Å². The molecule has 0 aliphatic rings. The average molecular weight is 217 g/mol. The van der Waals surface area contributed by atoms with Gasteiger partial charge in [0, 0.05) is 14.2 Å². The van der Waals surface area contributed by atoms with Crippen LogP contribution in [0.1, 0.15) is 10.6 Å². The van der Waals surface area contributed by atoms with Crippen LogP contribution in [-0.4, -0.2) is 23.5 Å². The summed E-state index contributed by atoms with van der Waals surface area (Å²) in [7, 11) is 1.53. The van der Waals surface area contributed by atoms with E-state index in [9.17, 15) is 0 Å². The number of hydrogen-bond acceptors (Lipinski definition) is 2. The molecule has 0 heterocycles. The van der Waals surface area contributed by atoms with Crippen LogP contribution in [0.5, 0.6) is 0 Å². The molecule has 0 spiro atoms. The number of rotatable bonds is 4. The predicted molar refractivity (Wildman–Crippen MR) is 56.2 cm³/mol. The lowest BCUT2D eigenvalue weighted by atomic mass is 10.2. The SMILES string of the molecule is CO[SiH](OC)C(Cl)c1ccccc1. The largest absolute Gasteiger partial charge is 0.399 e. The van der Waals surface area contributed by atoms with Gasteiger partial charge in [0.05, 0.1) is 5.00 Å². The first-order valence-corrected chi connectivity index (χ1v) is 6.08. The van der Waals surface area contributed by atoms with Gasteiger partial charge in [-0.1, -0.05) is 30.3 Å². The molecule has 0 radical (unpaired) electrons. The summed E-state index contributed by atoms with van der Waals surface area (Å²) < 4.78 is 10.4. The van der Waals surface area contributed by atoms with Crippen LogP contribution in [0.25, 0.3) is 0 Å². The van der Waals surface area contributed by atoms with Crippen molar-refractivity contribution in [3.05, 3.63) is 35.9 Å². The summed E-state index contributed by atoms with van der Waals surface area (Å²) in [5.41, 5.74) is 1.06. The Morgan fingerprint density at radius 2 is 1.69 bits per heavy atom. The van der Waals surface area contributed by atoms with Crippen molar-refractivity contribution in [3.8, 4) is 0 Å². The highest BCUT2D eigenvalue weighted by atomic mass is 35.5. The topological polar surface area (TPSA) is 18.5 Å². The van der Waals surface area contributed by atoms with Crippen molar-refractivity contribution in [2.45, 2.75) is 5.00 Å². The zero-order chi connectivity index (χ0) is 9.68. The Kier molecular flexibility index (Phi) is 4.45. The van der Waals surface area contributed by atoms with E-state index < -0.39 is 9.28 Å². The van der Waals surface area contributed by atoms with Gasteiger partial charge in [0.1, 0.15) is 0 Å². The smallest absolute Gasteiger partial charge is 0.344 e. The molecule has 4 heteroatoms. The van der Waals surface area contributed by atoms with Gasteiger partial charge in [-0.2, -0.15) is 0 Å². The number of alkyl halides is 1. The highest BCUT2D eigenvalue weighted by Gasteiger charge is 2.23. The number of hydrogen-bond donors (Lipinski definition) is 0. The van der Waals surface area contributed by atoms with E-state index in [1.54, 1.807) is 14.2 Å². The predicted octanol–water partition coefficient (Wildman–Crippen LogP) is 2.02. The maximum absolute atomic E-state index is 6.18. The zero-order valence-electron chi connectivity index (χ0n) is 7.74. The third kappa shape index (κ3) is 2.81. The molecule has 0 bridgehead atoms. The zero-order valence-corrected chi connectivity index (χ0v) is 9.65. The Balaban J connectivity index is 2.72. The highest BCUT2D eigenvalue weighted by Crippen LogP contribution is 2.23. The number of halogens is 1. The van der Waals surface area contributed by atoms with Crippen LogP contribution < -0.4 is 0 Å². The summed E-state index contributed by atoms with van der Waals surface area (Å²) in [6, 6.07) is 9.84. The first-order chi connectivity index (χ1) is 6.29. The minimum atomic E-state index is -1.75. The molecule has 0 fully saturated rings. The minimum Gasteiger partial charge on any atom is -0.399 e.